The second-order valence-corrected chi connectivity index (χ2v) is 3.77. The van der Waals surface area contributed by atoms with E-state index in [0.29, 0.717) is 15.5 Å². The van der Waals surface area contributed by atoms with E-state index in [9.17, 15) is 9.18 Å². The van der Waals surface area contributed by atoms with Gasteiger partial charge >= 0.3 is 5.97 Å². The normalized spacial score (nSPS) is 10.5. The molecule has 1 aromatic carbocycles. The number of hydrogen-bond acceptors (Lipinski definition) is 2. The number of hydrogen-bond donors (Lipinski definition) is 1. The van der Waals surface area contributed by atoms with Gasteiger partial charge in [-0.1, -0.05) is 0 Å². The number of fused-ring (bicyclic) bond motifs is 1. The smallest absolute Gasteiger partial charge is 0.336 e. The minimum Gasteiger partial charge on any atom is -0.478 e. The molecule has 0 saturated heterocycles. The molecule has 0 unspecified atom stereocenters. The molecule has 0 fully saturated rings. The van der Waals surface area contributed by atoms with Crippen LogP contribution in [0.2, 0.25) is 0 Å². The van der Waals surface area contributed by atoms with Gasteiger partial charge in [0.2, 0.25) is 0 Å². The molecule has 2 aromatic rings. The predicted molar refractivity (Wildman–Crippen MR) is 56.4 cm³/mol. The van der Waals surface area contributed by atoms with Crippen molar-refractivity contribution in [1.82, 2.24) is 4.98 Å². The van der Waals surface area contributed by atoms with Crippen molar-refractivity contribution in [3.8, 4) is 0 Å². The Morgan fingerprint density at radius 1 is 1.40 bits per heavy atom. The molecule has 1 aromatic heterocycles. The number of aromatic nitrogens is 1. The standard InChI is InChI=1S/C10H5BrFNO2/c11-9-4-7(10(14)15)6-2-1-5(12)3-8(6)13-9/h1-4H,(H,14,15). The molecule has 0 amide bonds. The molecule has 0 aliphatic rings. The SMILES string of the molecule is O=C(O)c1cc(Br)nc2cc(F)ccc12. The van der Waals surface area contributed by atoms with Gasteiger partial charge < -0.3 is 5.11 Å². The maximum absolute atomic E-state index is 12.9. The highest BCUT2D eigenvalue weighted by Crippen LogP contribution is 2.21. The van der Waals surface area contributed by atoms with Crippen LogP contribution in [-0.4, -0.2) is 16.1 Å². The van der Waals surface area contributed by atoms with E-state index in [2.05, 4.69) is 20.9 Å². The largest absolute Gasteiger partial charge is 0.478 e. The highest BCUT2D eigenvalue weighted by molar-refractivity contribution is 9.10. The van der Waals surface area contributed by atoms with Gasteiger partial charge in [0.15, 0.2) is 0 Å². The Morgan fingerprint density at radius 2 is 2.13 bits per heavy atom. The van der Waals surface area contributed by atoms with Crippen molar-refractivity contribution in [3.05, 3.63) is 40.2 Å². The highest BCUT2D eigenvalue weighted by Gasteiger charge is 2.11. The van der Waals surface area contributed by atoms with Gasteiger partial charge in [0.05, 0.1) is 11.1 Å². The second-order valence-electron chi connectivity index (χ2n) is 2.96. The van der Waals surface area contributed by atoms with Crippen molar-refractivity contribution in [2.24, 2.45) is 0 Å². The minimum atomic E-state index is -1.06. The van der Waals surface area contributed by atoms with Crippen LogP contribution < -0.4 is 0 Å². The van der Waals surface area contributed by atoms with Crippen LogP contribution in [0.4, 0.5) is 4.39 Å². The molecule has 3 nitrogen and oxygen atoms in total. The van der Waals surface area contributed by atoms with Crippen molar-refractivity contribution in [1.29, 1.82) is 0 Å². The summed E-state index contributed by atoms with van der Waals surface area (Å²) in [5.74, 6) is -1.50. The van der Waals surface area contributed by atoms with Gasteiger partial charge in [-0.15, -0.1) is 0 Å². The molecule has 0 saturated carbocycles. The van der Waals surface area contributed by atoms with Gasteiger partial charge in [0, 0.05) is 11.5 Å². The number of aromatic carboxylic acids is 1. The van der Waals surface area contributed by atoms with E-state index in [1.165, 1.54) is 24.3 Å². The Kier molecular flexibility index (Phi) is 2.40. The second kappa shape index (κ2) is 3.58. The van der Waals surface area contributed by atoms with Crippen molar-refractivity contribution < 1.29 is 14.3 Å². The maximum Gasteiger partial charge on any atom is 0.336 e. The molecule has 5 heteroatoms. The Labute approximate surface area is 92.7 Å². The van der Waals surface area contributed by atoms with Crippen LogP contribution in [0.3, 0.4) is 0 Å². The van der Waals surface area contributed by atoms with E-state index in [1.807, 2.05) is 0 Å². The third kappa shape index (κ3) is 1.83. The topological polar surface area (TPSA) is 50.2 Å². The first-order valence-electron chi connectivity index (χ1n) is 4.07. The Morgan fingerprint density at radius 3 is 2.80 bits per heavy atom. The van der Waals surface area contributed by atoms with E-state index in [4.69, 9.17) is 5.11 Å². The summed E-state index contributed by atoms with van der Waals surface area (Å²) >= 11 is 3.08. The molecule has 15 heavy (non-hydrogen) atoms. The van der Waals surface area contributed by atoms with E-state index in [0.717, 1.165) is 0 Å². The Bertz CT molecular complexity index is 551. The van der Waals surface area contributed by atoms with Crippen molar-refractivity contribution in [3.63, 3.8) is 0 Å². The molecule has 0 aliphatic carbocycles. The lowest BCUT2D eigenvalue weighted by atomic mass is 10.1. The summed E-state index contributed by atoms with van der Waals surface area (Å²) < 4.78 is 13.3. The average molecular weight is 270 g/mol. The quantitative estimate of drug-likeness (QED) is 0.810. The Balaban J connectivity index is 2.86. The van der Waals surface area contributed by atoms with Crippen molar-refractivity contribution in [2.45, 2.75) is 0 Å². The first-order chi connectivity index (χ1) is 7.08. The van der Waals surface area contributed by atoms with Gasteiger partial charge in [-0.05, 0) is 34.1 Å². The van der Waals surface area contributed by atoms with Crippen LogP contribution in [0.5, 0.6) is 0 Å². The molecule has 1 N–H and O–H groups in total. The average Bonchev–Trinajstić information content (AvgIpc) is 2.15. The number of carboxylic acid groups (broad SMARTS) is 1. The zero-order chi connectivity index (χ0) is 11.0. The fraction of sp³-hybridized carbons (Fsp3) is 0. The first-order valence-corrected chi connectivity index (χ1v) is 4.86. The van der Waals surface area contributed by atoms with Crippen molar-refractivity contribution in [2.75, 3.05) is 0 Å². The van der Waals surface area contributed by atoms with Gasteiger partial charge in [-0.25, -0.2) is 14.2 Å². The molecular weight excluding hydrogens is 265 g/mol. The van der Waals surface area contributed by atoms with Gasteiger partial charge in [-0.2, -0.15) is 0 Å². The molecular formula is C10H5BrFNO2. The zero-order valence-electron chi connectivity index (χ0n) is 7.37. The van der Waals surface area contributed by atoms with Crippen LogP contribution in [0, 0.1) is 5.82 Å². The maximum atomic E-state index is 12.9. The predicted octanol–water partition coefficient (Wildman–Crippen LogP) is 2.83. The number of carboxylic acids is 1. The van der Waals surface area contributed by atoms with E-state index < -0.39 is 11.8 Å². The number of rotatable bonds is 1. The van der Waals surface area contributed by atoms with Gasteiger partial charge in [0.1, 0.15) is 10.4 Å². The lowest BCUT2D eigenvalue weighted by Gasteiger charge is -2.02. The third-order valence-electron chi connectivity index (χ3n) is 1.97. The number of halogens is 2. The van der Waals surface area contributed by atoms with Crippen LogP contribution in [0.15, 0.2) is 28.9 Å². The van der Waals surface area contributed by atoms with Gasteiger partial charge in [-0.3, -0.25) is 0 Å². The minimum absolute atomic E-state index is 0.104. The van der Waals surface area contributed by atoms with Gasteiger partial charge in [0.25, 0.3) is 0 Å². The number of benzene rings is 1. The third-order valence-corrected chi connectivity index (χ3v) is 2.38. The van der Waals surface area contributed by atoms with E-state index in [1.54, 1.807) is 0 Å². The fourth-order valence-electron chi connectivity index (χ4n) is 1.35. The fourth-order valence-corrected chi connectivity index (χ4v) is 1.77. The molecule has 0 atom stereocenters. The van der Waals surface area contributed by atoms with Crippen LogP contribution in [0.25, 0.3) is 10.9 Å². The first kappa shape index (κ1) is 10.0. The number of pyridine rings is 1. The number of nitrogens with zero attached hydrogens (tertiary/aromatic N) is 1. The molecule has 1 heterocycles. The summed E-state index contributed by atoms with van der Waals surface area (Å²) in [5, 5.41) is 9.36. The summed E-state index contributed by atoms with van der Waals surface area (Å²) in [6, 6.07) is 5.22. The summed E-state index contributed by atoms with van der Waals surface area (Å²) in [5.41, 5.74) is 0.425. The molecule has 0 aliphatic heterocycles. The molecule has 2 rings (SSSR count). The van der Waals surface area contributed by atoms with Crippen LogP contribution >= 0.6 is 15.9 Å². The molecule has 76 valence electrons. The summed E-state index contributed by atoms with van der Waals surface area (Å²) in [4.78, 5) is 14.9. The highest BCUT2D eigenvalue weighted by atomic mass is 79.9. The summed E-state index contributed by atoms with van der Waals surface area (Å²) in [7, 11) is 0. The van der Waals surface area contributed by atoms with Crippen LogP contribution in [-0.2, 0) is 0 Å². The molecule has 0 bridgehead atoms. The van der Waals surface area contributed by atoms with E-state index >= 15 is 0 Å². The zero-order valence-corrected chi connectivity index (χ0v) is 8.95. The summed E-state index contributed by atoms with van der Waals surface area (Å²) in [6.07, 6.45) is 0. The van der Waals surface area contributed by atoms with Crippen molar-refractivity contribution >= 4 is 32.8 Å². The molecule has 0 radical (unpaired) electrons. The monoisotopic (exact) mass is 269 g/mol. The Hall–Kier alpha value is -1.49. The molecule has 0 spiro atoms. The summed E-state index contributed by atoms with van der Waals surface area (Å²) in [6.45, 7) is 0. The van der Waals surface area contributed by atoms with E-state index in [-0.39, 0.29) is 5.56 Å². The number of carbonyl (C=O) groups is 1. The lowest BCUT2D eigenvalue weighted by molar-refractivity contribution is 0.0699. The lowest BCUT2D eigenvalue weighted by Crippen LogP contribution is -1.99. The van der Waals surface area contributed by atoms with Crippen LogP contribution in [0.1, 0.15) is 10.4 Å².